The molecule has 0 aromatic heterocycles. The molecule has 8 heteroatoms. The Bertz CT molecular complexity index is 968. The molecular weight excluding hydrogens is 666 g/mol. The third-order valence-electron chi connectivity index (χ3n) is 9.55. The lowest BCUT2D eigenvalue weighted by atomic mass is 10.1. The fraction of sp³-hybridized carbons (Fsp3) is 0.800. The van der Waals surface area contributed by atoms with E-state index in [4.69, 9.17) is 14.2 Å². The van der Waals surface area contributed by atoms with Crippen molar-refractivity contribution in [2.45, 2.75) is 193 Å². The van der Waals surface area contributed by atoms with Crippen molar-refractivity contribution in [1.29, 1.82) is 0 Å². The van der Waals surface area contributed by atoms with Crippen LogP contribution in [0.5, 0.6) is 0 Å². The number of quaternary nitrogens is 1. The van der Waals surface area contributed by atoms with Crippen LogP contribution in [0.4, 0.5) is 0 Å². The van der Waals surface area contributed by atoms with Crippen LogP contribution in [0.25, 0.3) is 0 Å². The Morgan fingerprint density at radius 1 is 0.585 bits per heavy atom. The van der Waals surface area contributed by atoms with E-state index >= 15 is 0 Å². The van der Waals surface area contributed by atoms with E-state index in [-0.39, 0.29) is 36.2 Å². The molecule has 8 nitrogen and oxygen atoms in total. The number of carbonyl (C=O) groups is 3. The van der Waals surface area contributed by atoms with Crippen molar-refractivity contribution >= 4 is 17.9 Å². The van der Waals surface area contributed by atoms with E-state index in [1.54, 1.807) is 0 Å². The second-order valence-electron chi connectivity index (χ2n) is 15.6. The SMILES string of the molecule is CC/C=C/C/C=C/C/C=C/CCCCCCCCCCCC(=O)OC(COCCC(C(=O)O)[N+](C)(C)C)COC(=O)CCCCCCCCCCCC. The van der Waals surface area contributed by atoms with E-state index in [9.17, 15) is 19.5 Å². The number of ether oxygens (including phenoxy) is 3. The number of aliphatic carboxylic acids is 1. The van der Waals surface area contributed by atoms with Crippen molar-refractivity contribution in [2.24, 2.45) is 0 Å². The summed E-state index contributed by atoms with van der Waals surface area (Å²) in [6.07, 6.45) is 40.4. The van der Waals surface area contributed by atoms with E-state index in [1.807, 2.05) is 21.1 Å². The highest BCUT2D eigenvalue weighted by atomic mass is 16.6. The molecule has 0 fully saturated rings. The smallest absolute Gasteiger partial charge is 0.362 e. The number of allylic oxidation sites excluding steroid dienone is 6. The summed E-state index contributed by atoms with van der Waals surface area (Å²) < 4.78 is 17.2. The summed E-state index contributed by atoms with van der Waals surface area (Å²) in [6.45, 7) is 4.61. The maximum Gasteiger partial charge on any atom is 0.362 e. The Morgan fingerprint density at radius 2 is 1.06 bits per heavy atom. The summed E-state index contributed by atoms with van der Waals surface area (Å²) in [5.74, 6) is -1.47. The first-order valence-corrected chi connectivity index (χ1v) is 21.5. The normalized spacial score (nSPS) is 13.3. The van der Waals surface area contributed by atoms with Gasteiger partial charge in [-0.3, -0.25) is 9.59 Å². The van der Waals surface area contributed by atoms with Crippen molar-refractivity contribution in [1.82, 2.24) is 0 Å². The van der Waals surface area contributed by atoms with Gasteiger partial charge in [0.15, 0.2) is 12.1 Å². The number of rotatable bonds is 38. The van der Waals surface area contributed by atoms with Gasteiger partial charge in [-0.15, -0.1) is 0 Å². The van der Waals surface area contributed by atoms with Crippen LogP contribution >= 0.6 is 0 Å². The molecule has 0 saturated heterocycles. The highest BCUT2D eigenvalue weighted by Crippen LogP contribution is 2.14. The summed E-state index contributed by atoms with van der Waals surface area (Å²) in [4.78, 5) is 36.9. The molecule has 0 aliphatic carbocycles. The third kappa shape index (κ3) is 35.0. The molecule has 0 aromatic rings. The van der Waals surface area contributed by atoms with Crippen molar-refractivity contribution in [3.05, 3.63) is 36.5 Å². The second-order valence-corrected chi connectivity index (χ2v) is 15.6. The highest BCUT2D eigenvalue weighted by molar-refractivity contribution is 5.72. The summed E-state index contributed by atoms with van der Waals surface area (Å²) in [6, 6.07) is -0.613. The standard InChI is InChI=1S/C45H81NO7/c1-6-8-10-12-14-16-18-19-20-21-22-23-24-25-26-28-30-32-34-36-44(48)53-41(39-51-38-37-42(45(49)50)46(3,4)5)40-52-43(47)35-33-31-29-27-17-15-13-11-9-7-2/h8,10,14,16,19-20,41-42H,6-7,9,11-13,15,17-18,21-40H2,1-5H3/p+1/b10-8+,16-14+,20-19+. The maximum atomic E-state index is 12.7. The molecule has 53 heavy (non-hydrogen) atoms. The molecule has 0 rings (SSSR count). The van der Waals surface area contributed by atoms with Crippen molar-refractivity contribution in [3.63, 3.8) is 0 Å². The summed E-state index contributed by atoms with van der Waals surface area (Å²) in [5, 5.41) is 9.60. The van der Waals surface area contributed by atoms with Gasteiger partial charge in [-0.25, -0.2) is 4.79 Å². The Kier molecular flexibility index (Phi) is 34.8. The van der Waals surface area contributed by atoms with Gasteiger partial charge in [0.1, 0.15) is 6.61 Å². The van der Waals surface area contributed by atoms with Gasteiger partial charge < -0.3 is 23.8 Å². The fourth-order valence-corrected chi connectivity index (χ4v) is 6.22. The number of carboxylic acids is 1. The molecule has 2 atom stereocenters. The molecule has 1 N–H and O–H groups in total. The topological polar surface area (TPSA) is 99.1 Å². The molecule has 0 aliphatic heterocycles. The Labute approximate surface area is 325 Å². The van der Waals surface area contributed by atoms with E-state index in [2.05, 4.69) is 50.3 Å². The van der Waals surface area contributed by atoms with Crippen LogP contribution in [-0.4, -0.2) is 80.6 Å². The van der Waals surface area contributed by atoms with E-state index in [1.165, 1.54) is 83.5 Å². The van der Waals surface area contributed by atoms with Crippen molar-refractivity contribution < 1.29 is 38.2 Å². The molecule has 0 amide bonds. The number of nitrogens with zero attached hydrogens (tertiary/aromatic N) is 1. The fourth-order valence-electron chi connectivity index (χ4n) is 6.22. The lowest BCUT2D eigenvalue weighted by molar-refractivity contribution is -0.887. The number of unbranched alkanes of at least 4 members (excludes halogenated alkanes) is 18. The summed E-state index contributed by atoms with van der Waals surface area (Å²) >= 11 is 0. The minimum absolute atomic E-state index is 0.0507. The third-order valence-corrected chi connectivity index (χ3v) is 9.55. The lowest BCUT2D eigenvalue weighted by Gasteiger charge is -2.31. The van der Waals surface area contributed by atoms with Gasteiger partial charge in [0.2, 0.25) is 0 Å². The molecule has 0 spiro atoms. The zero-order valence-corrected chi connectivity index (χ0v) is 35.0. The Balaban J connectivity index is 4.30. The predicted octanol–water partition coefficient (Wildman–Crippen LogP) is 11.5. The van der Waals surface area contributed by atoms with Crippen LogP contribution in [0.15, 0.2) is 36.5 Å². The zero-order valence-electron chi connectivity index (χ0n) is 35.0. The number of esters is 2. The molecule has 2 unspecified atom stereocenters. The number of hydrogen-bond acceptors (Lipinski definition) is 6. The quantitative estimate of drug-likeness (QED) is 0.0290. The Morgan fingerprint density at radius 3 is 1.57 bits per heavy atom. The highest BCUT2D eigenvalue weighted by Gasteiger charge is 2.31. The van der Waals surface area contributed by atoms with Gasteiger partial charge in [0.25, 0.3) is 0 Å². The van der Waals surface area contributed by atoms with Gasteiger partial charge in [-0.2, -0.15) is 0 Å². The minimum Gasteiger partial charge on any atom is -0.477 e. The van der Waals surface area contributed by atoms with Gasteiger partial charge in [0.05, 0.1) is 34.4 Å². The molecule has 0 bridgehead atoms. The molecule has 308 valence electrons. The molecule has 0 heterocycles. The van der Waals surface area contributed by atoms with E-state index in [0.717, 1.165) is 64.2 Å². The van der Waals surface area contributed by atoms with Gasteiger partial charge >= 0.3 is 17.9 Å². The number of likely N-dealkylation sites (N-methyl/N-ethyl adjacent to an activating group) is 1. The zero-order chi connectivity index (χ0) is 39.3. The molecular formula is C45H82NO7+. The van der Waals surface area contributed by atoms with Crippen molar-refractivity contribution in [2.75, 3.05) is 41.0 Å². The Hall–Kier alpha value is -2.45. The van der Waals surface area contributed by atoms with Crippen LogP contribution in [0, 0.1) is 0 Å². The largest absolute Gasteiger partial charge is 0.477 e. The number of carbonyl (C=O) groups excluding carboxylic acids is 2. The summed E-state index contributed by atoms with van der Waals surface area (Å²) in [5.41, 5.74) is 0. The number of hydrogen-bond donors (Lipinski definition) is 1. The van der Waals surface area contributed by atoms with Gasteiger partial charge in [-0.1, -0.05) is 153 Å². The molecule has 0 aliphatic rings. The predicted molar refractivity (Wildman–Crippen MR) is 220 cm³/mol. The molecule has 0 saturated carbocycles. The molecule has 0 aromatic carbocycles. The molecule has 0 radical (unpaired) electrons. The van der Waals surface area contributed by atoms with E-state index in [0.29, 0.717) is 19.3 Å². The van der Waals surface area contributed by atoms with E-state index < -0.39 is 18.1 Å². The van der Waals surface area contributed by atoms with Crippen LogP contribution in [0.2, 0.25) is 0 Å². The maximum absolute atomic E-state index is 12.7. The minimum atomic E-state index is -0.876. The second kappa shape index (κ2) is 36.5. The summed E-state index contributed by atoms with van der Waals surface area (Å²) in [7, 11) is 5.52. The first kappa shape index (κ1) is 50.5. The van der Waals surface area contributed by atoms with Gasteiger partial charge in [-0.05, 0) is 44.9 Å². The van der Waals surface area contributed by atoms with Crippen LogP contribution in [-0.2, 0) is 28.6 Å². The number of carboxylic acid groups (broad SMARTS) is 1. The van der Waals surface area contributed by atoms with Crippen molar-refractivity contribution in [3.8, 4) is 0 Å². The van der Waals surface area contributed by atoms with Crippen LogP contribution in [0.3, 0.4) is 0 Å². The first-order chi connectivity index (χ1) is 25.6. The average molecular weight is 749 g/mol. The monoisotopic (exact) mass is 749 g/mol. The first-order valence-electron chi connectivity index (χ1n) is 21.5. The lowest BCUT2D eigenvalue weighted by Crippen LogP contribution is -2.50. The van der Waals surface area contributed by atoms with Crippen LogP contribution in [0.1, 0.15) is 181 Å². The van der Waals surface area contributed by atoms with Gasteiger partial charge in [0, 0.05) is 19.3 Å². The average Bonchev–Trinajstić information content (AvgIpc) is 3.11. The van der Waals surface area contributed by atoms with Crippen LogP contribution < -0.4 is 0 Å².